The summed E-state index contributed by atoms with van der Waals surface area (Å²) in [6.45, 7) is 6.30. The molecule has 0 unspecified atom stereocenters. The van der Waals surface area contributed by atoms with Crippen LogP contribution in [0, 0.1) is 6.92 Å². The van der Waals surface area contributed by atoms with Crippen LogP contribution in [0.15, 0.2) is 53.6 Å². The highest BCUT2D eigenvalue weighted by atomic mass is 16.5. The monoisotopic (exact) mass is 472 g/mol. The van der Waals surface area contributed by atoms with E-state index in [1.54, 1.807) is 13.8 Å². The van der Waals surface area contributed by atoms with Gasteiger partial charge in [0.1, 0.15) is 34.0 Å². The first-order valence-electron chi connectivity index (χ1n) is 11.2. The number of carbonyl (C=O) groups is 3. The number of fused-ring (bicyclic) bond motifs is 4. The number of hydrogen-bond donors (Lipinski definition) is 4. The number of phenolic OH excluding ortho intramolecular Hbond substituents is 2. The molecular weight excluding hydrogens is 448 g/mol. The van der Waals surface area contributed by atoms with E-state index in [1.165, 1.54) is 19.9 Å². The van der Waals surface area contributed by atoms with Gasteiger partial charge in [0.25, 0.3) is 0 Å². The lowest BCUT2D eigenvalue weighted by molar-refractivity contribution is -0.123. The van der Waals surface area contributed by atoms with Crippen LogP contribution in [0.25, 0.3) is 10.9 Å². The summed E-state index contributed by atoms with van der Waals surface area (Å²) in [4.78, 5) is 42.3. The van der Waals surface area contributed by atoms with Crippen molar-refractivity contribution in [2.75, 3.05) is 0 Å². The fourth-order valence-electron chi connectivity index (χ4n) is 4.98. The molecule has 8 heteroatoms. The van der Waals surface area contributed by atoms with Crippen LogP contribution in [-0.4, -0.2) is 32.5 Å². The minimum absolute atomic E-state index is 0.0129. The van der Waals surface area contributed by atoms with E-state index in [0.717, 1.165) is 16.5 Å². The molecule has 2 aliphatic rings. The fourth-order valence-corrected chi connectivity index (χ4v) is 4.98. The molecule has 3 aromatic rings. The van der Waals surface area contributed by atoms with Gasteiger partial charge in [-0.3, -0.25) is 14.4 Å². The minimum Gasteiger partial charge on any atom is -0.507 e. The summed E-state index contributed by atoms with van der Waals surface area (Å²) in [5.74, 6) is -2.43. The van der Waals surface area contributed by atoms with Gasteiger partial charge in [-0.05, 0) is 45.4 Å². The molecule has 1 aliphatic heterocycles. The Labute approximate surface area is 200 Å². The van der Waals surface area contributed by atoms with E-state index in [-0.39, 0.29) is 39.5 Å². The Bertz CT molecular complexity index is 1540. The fraction of sp³-hybridized carbons (Fsp3) is 0.222. The number of allylic oxidation sites excluding steroid dienone is 4. The van der Waals surface area contributed by atoms with Gasteiger partial charge in [0.05, 0.1) is 11.1 Å². The molecule has 1 aromatic heterocycles. The molecule has 0 spiro atoms. The van der Waals surface area contributed by atoms with Crippen molar-refractivity contribution in [2.45, 2.75) is 39.7 Å². The summed E-state index contributed by atoms with van der Waals surface area (Å²) < 4.78 is 5.79. The van der Waals surface area contributed by atoms with E-state index >= 15 is 0 Å². The van der Waals surface area contributed by atoms with Crippen LogP contribution in [0.3, 0.4) is 0 Å². The summed E-state index contributed by atoms with van der Waals surface area (Å²) in [6, 6.07) is 7.81. The highest BCUT2D eigenvalue weighted by Gasteiger charge is 2.56. The number of Topliss-reactive ketones (excluding diaryl/α,β-unsaturated/α-hetero) is 2. The molecule has 35 heavy (non-hydrogen) atoms. The second kappa shape index (κ2) is 7.59. The van der Waals surface area contributed by atoms with Gasteiger partial charge >= 0.3 is 0 Å². The lowest BCUT2D eigenvalue weighted by atomic mass is 9.70. The second-order valence-electron chi connectivity index (χ2n) is 9.10. The summed E-state index contributed by atoms with van der Waals surface area (Å²) >= 11 is 0. The number of ether oxygens (including phenoxy) is 1. The molecule has 0 saturated carbocycles. The van der Waals surface area contributed by atoms with Crippen LogP contribution in [0.4, 0.5) is 0 Å². The zero-order valence-corrected chi connectivity index (χ0v) is 19.7. The van der Waals surface area contributed by atoms with Crippen molar-refractivity contribution in [3.8, 4) is 17.2 Å². The Morgan fingerprint density at radius 1 is 1.14 bits per heavy atom. The normalized spacial score (nSPS) is 20.3. The molecule has 8 nitrogen and oxygen atoms in total. The Morgan fingerprint density at radius 3 is 2.60 bits per heavy atom. The first kappa shape index (κ1) is 22.5. The average Bonchev–Trinajstić information content (AvgIpc) is 3.39. The second-order valence-corrected chi connectivity index (χ2v) is 9.10. The largest absolute Gasteiger partial charge is 0.507 e. The lowest BCUT2D eigenvalue weighted by Crippen LogP contribution is -2.41. The molecule has 2 heterocycles. The van der Waals surface area contributed by atoms with Crippen LogP contribution in [0.5, 0.6) is 17.2 Å². The van der Waals surface area contributed by atoms with E-state index in [2.05, 4.69) is 10.3 Å². The SMILES string of the molecule is CC(=O)c1c(O)c(C)c(O)c2c1OC1=CC(=O)C(=C(C)NCc3cccc4[nH]ccc34)C(=O)[C@@]12C. The summed E-state index contributed by atoms with van der Waals surface area (Å²) in [5, 5.41) is 25.6. The molecule has 0 radical (unpaired) electrons. The van der Waals surface area contributed by atoms with Gasteiger partial charge < -0.3 is 25.3 Å². The summed E-state index contributed by atoms with van der Waals surface area (Å²) in [6.07, 6.45) is 3.06. The maximum absolute atomic E-state index is 13.9. The molecule has 2 aromatic carbocycles. The van der Waals surface area contributed by atoms with E-state index in [9.17, 15) is 24.6 Å². The lowest BCUT2D eigenvalue weighted by Gasteiger charge is -2.29. The predicted molar refractivity (Wildman–Crippen MR) is 128 cm³/mol. The number of aromatic hydroxyl groups is 2. The topological polar surface area (TPSA) is 129 Å². The number of ketones is 3. The number of aromatic nitrogens is 1. The molecule has 5 rings (SSSR count). The van der Waals surface area contributed by atoms with Crippen molar-refractivity contribution in [3.05, 3.63) is 75.8 Å². The van der Waals surface area contributed by atoms with Crippen molar-refractivity contribution < 1.29 is 29.3 Å². The Morgan fingerprint density at radius 2 is 1.89 bits per heavy atom. The van der Waals surface area contributed by atoms with Gasteiger partial charge in [0, 0.05) is 41.0 Å². The number of hydrogen-bond acceptors (Lipinski definition) is 7. The third kappa shape index (κ3) is 3.02. The Balaban J connectivity index is 1.60. The maximum Gasteiger partial charge on any atom is 0.194 e. The van der Waals surface area contributed by atoms with E-state index in [0.29, 0.717) is 12.2 Å². The van der Waals surface area contributed by atoms with Crippen LogP contribution in [0.2, 0.25) is 0 Å². The van der Waals surface area contributed by atoms with Crippen molar-refractivity contribution in [1.29, 1.82) is 0 Å². The van der Waals surface area contributed by atoms with E-state index in [1.807, 2.05) is 30.5 Å². The van der Waals surface area contributed by atoms with E-state index < -0.39 is 28.5 Å². The summed E-state index contributed by atoms with van der Waals surface area (Å²) in [5.41, 5.74) is 0.777. The number of rotatable bonds is 4. The average molecular weight is 472 g/mol. The molecule has 4 N–H and O–H groups in total. The Kier molecular flexibility index (Phi) is 4.87. The number of phenols is 2. The number of carbonyl (C=O) groups excluding carboxylic acids is 3. The van der Waals surface area contributed by atoms with Gasteiger partial charge in [-0.2, -0.15) is 0 Å². The van der Waals surface area contributed by atoms with Gasteiger partial charge in [-0.25, -0.2) is 0 Å². The smallest absolute Gasteiger partial charge is 0.194 e. The van der Waals surface area contributed by atoms with Crippen LogP contribution < -0.4 is 10.1 Å². The van der Waals surface area contributed by atoms with Crippen LogP contribution in [-0.2, 0) is 21.5 Å². The molecule has 1 aliphatic carbocycles. The van der Waals surface area contributed by atoms with Crippen molar-refractivity contribution in [3.63, 3.8) is 0 Å². The van der Waals surface area contributed by atoms with Crippen LogP contribution >= 0.6 is 0 Å². The van der Waals surface area contributed by atoms with Crippen molar-refractivity contribution >= 4 is 28.3 Å². The zero-order chi connectivity index (χ0) is 25.2. The van der Waals surface area contributed by atoms with Gasteiger partial charge in [-0.15, -0.1) is 0 Å². The van der Waals surface area contributed by atoms with E-state index in [4.69, 9.17) is 4.74 Å². The first-order valence-corrected chi connectivity index (χ1v) is 11.2. The summed E-state index contributed by atoms with van der Waals surface area (Å²) in [7, 11) is 0. The van der Waals surface area contributed by atoms with Gasteiger partial charge in [-0.1, -0.05) is 12.1 Å². The molecule has 1 atom stereocenters. The van der Waals surface area contributed by atoms with Crippen LogP contribution in [0.1, 0.15) is 47.8 Å². The highest BCUT2D eigenvalue weighted by Crippen LogP contribution is 2.57. The quantitative estimate of drug-likeness (QED) is 0.258. The first-order chi connectivity index (χ1) is 16.6. The zero-order valence-electron chi connectivity index (χ0n) is 19.7. The molecule has 178 valence electrons. The predicted octanol–water partition coefficient (Wildman–Crippen LogP) is 3.84. The number of H-pyrrole nitrogens is 1. The molecule has 0 amide bonds. The van der Waals surface area contributed by atoms with Crippen molar-refractivity contribution in [2.24, 2.45) is 0 Å². The number of benzene rings is 2. The number of aromatic amines is 1. The maximum atomic E-state index is 13.9. The third-order valence-corrected chi connectivity index (χ3v) is 6.99. The highest BCUT2D eigenvalue weighted by molar-refractivity contribution is 6.31. The molecule has 0 fully saturated rings. The molecule has 0 saturated heterocycles. The molecular formula is C27H24N2O6. The van der Waals surface area contributed by atoms with Gasteiger partial charge in [0.15, 0.2) is 17.3 Å². The van der Waals surface area contributed by atoms with Gasteiger partial charge in [0.2, 0.25) is 0 Å². The van der Waals surface area contributed by atoms with Crippen molar-refractivity contribution in [1.82, 2.24) is 10.3 Å². The molecule has 0 bridgehead atoms. The standard InChI is InChI=1S/C27H24N2O6/c1-12-23(32)21(14(3)30)25-22(24(12)33)27(4)19(35-25)10-18(31)20(26(27)34)13(2)29-11-15-6-5-7-17-16(15)8-9-28-17/h5-10,28-29,32-33H,11H2,1-4H3/t27-/m0/s1. The Hall–Kier alpha value is -4.33. The third-order valence-electron chi connectivity index (χ3n) is 6.99. The number of nitrogens with one attached hydrogen (secondary N) is 2. The minimum atomic E-state index is -1.53.